The molecule has 3 rings (SSSR count). The van der Waals surface area contributed by atoms with Gasteiger partial charge in [0.1, 0.15) is 11.5 Å². The highest BCUT2D eigenvalue weighted by molar-refractivity contribution is 7.92. The zero-order valence-corrected chi connectivity index (χ0v) is 21.2. The molecule has 180 valence electrons. The van der Waals surface area contributed by atoms with Crippen LogP contribution in [-0.4, -0.2) is 39.6 Å². The number of nitrogens with zero attached hydrogens (tertiary/aromatic N) is 1. The van der Waals surface area contributed by atoms with Gasteiger partial charge >= 0.3 is 0 Å². The molecule has 1 N–H and O–H groups in total. The second-order valence-corrected chi connectivity index (χ2v) is 12.3. The summed E-state index contributed by atoms with van der Waals surface area (Å²) in [6.07, 6.45) is -0.227. The van der Waals surface area contributed by atoms with Gasteiger partial charge in [-0.05, 0) is 74.6 Å². The molecule has 7 nitrogen and oxygen atoms in total. The third kappa shape index (κ3) is 5.79. The van der Waals surface area contributed by atoms with Crippen LogP contribution in [0.4, 0.5) is 5.69 Å². The van der Waals surface area contributed by atoms with E-state index in [0.717, 1.165) is 12.0 Å². The summed E-state index contributed by atoms with van der Waals surface area (Å²) in [5, 5.41) is 3.05. The Bertz CT molecular complexity index is 1120. The van der Waals surface area contributed by atoms with Crippen LogP contribution in [0.1, 0.15) is 46.6 Å². The van der Waals surface area contributed by atoms with Crippen LogP contribution in [0.3, 0.4) is 0 Å². The summed E-state index contributed by atoms with van der Waals surface area (Å²) in [5.41, 5.74) is 0.842. The monoisotopic (exact) mass is 474 g/mol. The zero-order valence-electron chi connectivity index (χ0n) is 20.4. The van der Waals surface area contributed by atoms with Crippen LogP contribution in [0.5, 0.6) is 11.5 Å². The molecule has 33 heavy (non-hydrogen) atoms. The van der Waals surface area contributed by atoms with Gasteiger partial charge in [0.2, 0.25) is 0 Å². The van der Waals surface area contributed by atoms with Crippen LogP contribution in [0, 0.1) is 12.3 Å². The van der Waals surface area contributed by atoms with Crippen LogP contribution >= 0.6 is 0 Å². The Morgan fingerprint density at radius 2 is 1.76 bits per heavy atom. The van der Waals surface area contributed by atoms with Gasteiger partial charge in [-0.2, -0.15) is 0 Å². The van der Waals surface area contributed by atoms with Crippen molar-refractivity contribution in [2.24, 2.45) is 5.41 Å². The molecule has 8 heteroatoms. The molecule has 2 aromatic rings. The zero-order chi connectivity index (χ0) is 24.6. The van der Waals surface area contributed by atoms with Crippen molar-refractivity contribution in [3.8, 4) is 11.5 Å². The van der Waals surface area contributed by atoms with E-state index in [4.69, 9.17) is 9.47 Å². The summed E-state index contributed by atoms with van der Waals surface area (Å²) in [6, 6.07) is 11.5. The number of fused-ring (bicyclic) bond motifs is 1. The molecule has 2 aromatic carbocycles. The standard InChI is InChI=1S/C25H34N2O5S/c1-17-8-13-21-20(14-17)27(33(29,30)19-11-9-18(31-7)10-12-19)15-22(32-21)23(28)26-25(5,6)16-24(2,3)4/h8-14,22H,15-16H2,1-7H3,(H,26,28)/t22-/m0/s1. The second-order valence-electron chi connectivity index (χ2n) is 10.4. The molecule has 0 saturated carbocycles. The Morgan fingerprint density at radius 3 is 2.33 bits per heavy atom. The first-order valence-electron chi connectivity index (χ1n) is 11.0. The topological polar surface area (TPSA) is 84.9 Å². The SMILES string of the molecule is COc1ccc(S(=O)(=O)N2C[C@@H](C(=O)NC(C)(C)CC(C)(C)C)Oc3ccc(C)cc32)cc1. The largest absolute Gasteiger partial charge is 0.497 e. The highest BCUT2D eigenvalue weighted by Gasteiger charge is 2.39. The molecule has 1 aliphatic rings. The third-order valence-electron chi connectivity index (χ3n) is 5.36. The van der Waals surface area contributed by atoms with Crippen molar-refractivity contribution in [3.63, 3.8) is 0 Å². The summed E-state index contributed by atoms with van der Waals surface area (Å²) >= 11 is 0. The molecule has 1 amide bonds. The van der Waals surface area contributed by atoms with E-state index in [1.807, 2.05) is 26.8 Å². The van der Waals surface area contributed by atoms with Gasteiger partial charge in [0.15, 0.2) is 6.10 Å². The molecule has 0 unspecified atom stereocenters. The quantitative estimate of drug-likeness (QED) is 0.675. The number of hydrogen-bond acceptors (Lipinski definition) is 5. The number of nitrogens with one attached hydrogen (secondary N) is 1. The molecule has 1 heterocycles. The lowest BCUT2D eigenvalue weighted by molar-refractivity contribution is -0.129. The fraction of sp³-hybridized carbons (Fsp3) is 0.480. The lowest BCUT2D eigenvalue weighted by Gasteiger charge is -2.38. The number of carbonyl (C=O) groups excluding carboxylic acids is 1. The third-order valence-corrected chi connectivity index (χ3v) is 7.15. The number of anilines is 1. The Kier molecular flexibility index (Phi) is 6.71. The number of hydrogen-bond donors (Lipinski definition) is 1. The minimum Gasteiger partial charge on any atom is -0.497 e. The minimum absolute atomic E-state index is 0.0120. The first-order valence-corrected chi connectivity index (χ1v) is 12.4. The van der Waals surface area contributed by atoms with Crippen molar-refractivity contribution >= 4 is 21.6 Å². The molecule has 0 bridgehead atoms. The summed E-state index contributed by atoms with van der Waals surface area (Å²) in [5.74, 6) is 0.577. The van der Waals surface area contributed by atoms with Crippen LogP contribution in [0.2, 0.25) is 0 Å². The van der Waals surface area contributed by atoms with Gasteiger partial charge in [0.05, 0.1) is 24.2 Å². The van der Waals surface area contributed by atoms with Gasteiger partial charge in [-0.15, -0.1) is 0 Å². The molecule has 0 aromatic heterocycles. The van der Waals surface area contributed by atoms with Crippen molar-refractivity contribution in [2.45, 2.75) is 64.5 Å². The fourth-order valence-electron chi connectivity index (χ4n) is 4.38. The first kappa shape index (κ1) is 24.9. The van der Waals surface area contributed by atoms with E-state index in [1.165, 1.54) is 23.5 Å². The number of carbonyl (C=O) groups is 1. The van der Waals surface area contributed by atoms with Gasteiger partial charge in [-0.3, -0.25) is 9.10 Å². The number of sulfonamides is 1. The maximum absolute atomic E-state index is 13.6. The average Bonchev–Trinajstić information content (AvgIpc) is 2.70. The summed E-state index contributed by atoms with van der Waals surface area (Å²) in [7, 11) is -2.42. The first-order chi connectivity index (χ1) is 15.2. The number of aryl methyl sites for hydroxylation is 1. The van der Waals surface area contributed by atoms with Gasteiger partial charge < -0.3 is 14.8 Å². The van der Waals surface area contributed by atoms with Gasteiger partial charge in [-0.1, -0.05) is 26.8 Å². The highest BCUT2D eigenvalue weighted by Crippen LogP contribution is 2.38. The van der Waals surface area contributed by atoms with Crippen LogP contribution in [-0.2, 0) is 14.8 Å². The second kappa shape index (κ2) is 8.89. The summed E-state index contributed by atoms with van der Waals surface area (Å²) < 4.78 is 39.6. The molecular formula is C25H34N2O5S. The number of ether oxygens (including phenoxy) is 2. The number of amides is 1. The lowest BCUT2D eigenvalue weighted by atomic mass is 9.81. The highest BCUT2D eigenvalue weighted by atomic mass is 32.2. The van der Waals surface area contributed by atoms with E-state index in [0.29, 0.717) is 17.2 Å². The van der Waals surface area contributed by atoms with Gasteiger partial charge in [0.25, 0.3) is 15.9 Å². The van der Waals surface area contributed by atoms with E-state index in [9.17, 15) is 13.2 Å². The number of rotatable bonds is 6. The Hall–Kier alpha value is -2.74. The average molecular weight is 475 g/mol. The lowest BCUT2D eigenvalue weighted by Crippen LogP contribution is -2.55. The Labute approximate surface area is 197 Å². The smallest absolute Gasteiger partial charge is 0.264 e. The molecule has 1 aliphatic heterocycles. The number of methoxy groups -OCH3 is 1. The minimum atomic E-state index is -3.94. The van der Waals surface area contributed by atoms with E-state index in [2.05, 4.69) is 26.1 Å². The van der Waals surface area contributed by atoms with Crippen LogP contribution in [0.25, 0.3) is 0 Å². The normalized spacial score (nSPS) is 16.6. The maximum Gasteiger partial charge on any atom is 0.264 e. The molecule has 1 atom stereocenters. The van der Waals surface area contributed by atoms with Gasteiger partial charge in [0, 0.05) is 5.54 Å². The van der Waals surface area contributed by atoms with Crippen molar-refractivity contribution < 1.29 is 22.7 Å². The van der Waals surface area contributed by atoms with Crippen molar-refractivity contribution in [3.05, 3.63) is 48.0 Å². The molecule has 0 aliphatic carbocycles. The Morgan fingerprint density at radius 1 is 1.12 bits per heavy atom. The predicted octanol–water partition coefficient (Wildman–Crippen LogP) is 4.29. The molecule has 0 fully saturated rings. The molecular weight excluding hydrogens is 440 g/mol. The van der Waals surface area contributed by atoms with Crippen molar-refractivity contribution in [1.82, 2.24) is 5.32 Å². The van der Waals surface area contributed by atoms with E-state index >= 15 is 0 Å². The van der Waals surface area contributed by atoms with Crippen LogP contribution < -0.4 is 19.1 Å². The summed E-state index contributed by atoms with van der Waals surface area (Å²) in [4.78, 5) is 13.3. The van der Waals surface area contributed by atoms with E-state index < -0.39 is 21.7 Å². The molecule has 0 spiro atoms. The van der Waals surface area contributed by atoms with E-state index in [-0.39, 0.29) is 22.8 Å². The molecule has 0 radical (unpaired) electrons. The number of benzene rings is 2. The van der Waals surface area contributed by atoms with E-state index in [1.54, 1.807) is 24.3 Å². The van der Waals surface area contributed by atoms with Crippen LogP contribution in [0.15, 0.2) is 47.4 Å². The summed E-state index contributed by atoms with van der Waals surface area (Å²) in [6.45, 7) is 12.0. The maximum atomic E-state index is 13.6. The van der Waals surface area contributed by atoms with Gasteiger partial charge in [-0.25, -0.2) is 8.42 Å². The van der Waals surface area contributed by atoms with Crippen molar-refractivity contribution in [1.29, 1.82) is 0 Å². The fourth-order valence-corrected chi connectivity index (χ4v) is 5.85. The predicted molar refractivity (Wildman–Crippen MR) is 129 cm³/mol. The van der Waals surface area contributed by atoms with Crippen molar-refractivity contribution in [2.75, 3.05) is 18.0 Å². The molecule has 0 saturated heterocycles. The Balaban J connectivity index is 1.95.